The summed E-state index contributed by atoms with van der Waals surface area (Å²) < 4.78 is 6.14. The van der Waals surface area contributed by atoms with Crippen LogP contribution in [0.2, 0.25) is 5.02 Å². The number of aromatic amines is 1. The van der Waals surface area contributed by atoms with Crippen molar-refractivity contribution in [1.29, 1.82) is 0 Å². The highest BCUT2D eigenvalue weighted by Gasteiger charge is 2.27. The van der Waals surface area contributed by atoms with Crippen molar-refractivity contribution in [2.45, 2.75) is 20.8 Å². The van der Waals surface area contributed by atoms with Crippen LogP contribution in [0.25, 0.3) is 10.9 Å². The lowest BCUT2D eigenvalue weighted by atomic mass is 10.1. The zero-order chi connectivity index (χ0) is 18.1. The first-order valence-electron chi connectivity index (χ1n) is 8.04. The number of hydrogen-bond acceptors (Lipinski definition) is 2. The molecule has 0 aliphatic carbocycles. The molecule has 0 bridgehead atoms. The molecule has 0 saturated heterocycles. The van der Waals surface area contributed by atoms with Gasteiger partial charge in [-0.15, -0.1) is 0 Å². The number of halogens is 1. The molecule has 25 heavy (non-hydrogen) atoms. The van der Waals surface area contributed by atoms with E-state index in [9.17, 15) is 4.79 Å². The molecule has 0 spiro atoms. The Morgan fingerprint density at radius 2 is 2.04 bits per heavy atom. The third-order valence-corrected chi connectivity index (χ3v) is 6.78. The summed E-state index contributed by atoms with van der Waals surface area (Å²) in [5.41, 5.74) is 9.20. The second kappa shape index (κ2) is 7.17. The van der Waals surface area contributed by atoms with Crippen LogP contribution in [0.3, 0.4) is 0 Å². The van der Waals surface area contributed by atoms with Crippen LogP contribution >= 0.6 is 19.7 Å². The number of benzene rings is 2. The summed E-state index contributed by atoms with van der Waals surface area (Å²) in [7, 11) is -1.21. The second-order valence-electron chi connectivity index (χ2n) is 5.83. The van der Waals surface area contributed by atoms with Gasteiger partial charge in [0.15, 0.2) is 0 Å². The van der Waals surface area contributed by atoms with Gasteiger partial charge in [-0.1, -0.05) is 29.8 Å². The van der Waals surface area contributed by atoms with E-state index in [4.69, 9.17) is 21.9 Å². The Hall–Kier alpha value is -1.87. The molecule has 0 fully saturated rings. The number of amides is 1. The van der Waals surface area contributed by atoms with E-state index < -0.39 is 14.1 Å². The second-order valence-corrected chi connectivity index (χ2v) is 8.05. The van der Waals surface area contributed by atoms with Gasteiger partial charge in [-0.05, 0) is 50.1 Å². The van der Waals surface area contributed by atoms with Gasteiger partial charge in [0.1, 0.15) is 5.69 Å². The Morgan fingerprint density at radius 3 is 2.72 bits per heavy atom. The Labute approximate surface area is 153 Å². The first-order chi connectivity index (χ1) is 11.9. The predicted molar refractivity (Wildman–Crippen MR) is 106 cm³/mol. The third kappa shape index (κ3) is 3.30. The molecule has 0 saturated carbocycles. The van der Waals surface area contributed by atoms with Crippen molar-refractivity contribution in [2.24, 2.45) is 5.73 Å². The molecule has 1 amide bonds. The number of carbonyl (C=O) groups is 1. The molecule has 1 unspecified atom stereocenters. The topological polar surface area (TPSA) is 68.1 Å². The Balaban J connectivity index is 2.32. The van der Waals surface area contributed by atoms with Crippen molar-refractivity contribution in [2.75, 3.05) is 6.61 Å². The summed E-state index contributed by atoms with van der Waals surface area (Å²) in [6, 6.07) is 11.6. The Kier molecular flexibility index (Phi) is 5.14. The zero-order valence-corrected chi connectivity index (χ0v) is 16.0. The highest BCUT2D eigenvalue weighted by Crippen LogP contribution is 2.41. The Morgan fingerprint density at radius 1 is 1.28 bits per heavy atom. The number of nitrogens with two attached hydrogens (primary N) is 1. The molecule has 1 atom stereocenters. The molecule has 130 valence electrons. The summed E-state index contributed by atoms with van der Waals surface area (Å²) in [5, 5.41) is 3.37. The normalized spacial score (nSPS) is 12.5. The van der Waals surface area contributed by atoms with Crippen LogP contribution < -0.4 is 16.3 Å². The van der Waals surface area contributed by atoms with Gasteiger partial charge >= 0.3 is 0 Å². The summed E-state index contributed by atoms with van der Waals surface area (Å²) in [6.45, 7) is 6.63. The lowest BCUT2D eigenvalue weighted by Gasteiger charge is -2.21. The largest absolute Gasteiger partial charge is 0.364 e. The van der Waals surface area contributed by atoms with Crippen molar-refractivity contribution < 1.29 is 9.32 Å². The smallest absolute Gasteiger partial charge is 0.265 e. The quantitative estimate of drug-likeness (QED) is 0.664. The van der Waals surface area contributed by atoms with Crippen molar-refractivity contribution >= 4 is 47.2 Å². The van der Waals surface area contributed by atoms with E-state index in [1.165, 1.54) is 5.56 Å². The standard InChI is InChI=1S/C19H20ClN2O2P/c1-4-24-25(16-7-5-6-11(2)12(16)3)18-14-10-13(20)8-9-15(14)22-17(18)19(21)23/h5-10,22H,4H2,1-3H3,(H2,21,23). The molecule has 4 nitrogen and oxygen atoms in total. The fraction of sp³-hybridized carbons (Fsp3) is 0.211. The van der Waals surface area contributed by atoms with E-state index in [1.54, 1.807) is 6.07 Å². The van der Waals surface area contributed by atoms with Crippen LogP contribution in [0, 0.1) is 13.8 Å². The van der Waals surface area contributed by atoms with Gasteiger partial charge in [0.05, 0.1) is 8.15 Å². The average molecular weight is 375 g/mol. The van der Waals surface area contributed by atoms with Crippen molar-refractivity contribution in [3.05, 3.63) is 58.2 Å². The molecule has 1 heterocycles. The number of H-pyrrole nitrogens is 1. The third-order valence-electron chi connectivity index (χ3n) is 4.24. The minimum Gasteiger partial charge on any atom is -0.364 e. The van der Waals surface area contributed by atoms with Crippen LogP contribution in [0.1, 0.15) is 28.5 Å². The van der Waals surface area contributed by atoms with Gasteiger partial charge in [-0.3, -0.25) is 4.79 Å². The van der Waals surface area contributed by atoms with E-state index in [-0.39, 0.29) is 0 Å². The summed E-state index contributed by atoms with van der Waals surface area (Å²) >= 11 is 6.20. The minimum absolute atomic E-state index is 0.387. The number of fused-ring (bicyclic) bond motifs is 1. The van der Waals surface area contributed by atoms with Crippen LogP contribution in [-0.4, -0.2) is 17.5 Å². The monoisotopic (exact) mass is 374 g/mol. The van der Waals surface area contributed by atoms with E-state index in [0.29, 0.717) is 17.3 Å². The highest BCUT2D eigenvalue weighted by molar-refractivity contribution is 7.69. The lowest BCUT2D eigenvalue weighted by molar-refractivity contribution is 0.0997. The fourth-order valence-corrected chi connectivity index (χ4v) is 5.29. The maximum absolute atomic E-state index is 12.1. The fourth-order valence-electron chi connectivity index (χ4n) is 2.88. The van der Waals surface area contributed by atoms with Gasteiger partial charge in [0.2, 0.25) is 0 Å². The van der Waals surface area contributed by atoms with E-state index in [0.717, 1.165) is 27.1 Å². The van der Waals surface area contributed by atoms with Crippen LogP contribution in [0.15, 0.2) is 36.4 Å². The van der Waals surface area contributed by atoms with Crippen molar-refractivity contribution in [3.63, 3.8) is 0 Å². The Bertz CT molecular complexity index is 952. The number of aryl methyl sites for hydroxylation is 1. The molecule has 6 heteroatoms. The average Bonchev–Trinajstić information content (AvgIpc) is 2.94. The first-order valence-corrected chi connectivity index (χ1v) is 9.68. The SMILES string of the molecule is CCOP(c1cccc(C)c1C)c1c(C(N)=O)[nH]c2ccc(Cl)cc12. The summed E-state index contributed by atoms with van der Waals surface area (Å²) in [4.78, 5) is 15.2. The van der Waals surface area contributed by atoms with Crippen molar-refractivity contribution in [1.82, 2.24) is 4.98 Å². The molecule has 0 aliphatic heterocycles. The molecule has 1 aromatic heterocycles. The number of rotatable bonds is 5. The number of hydrogen-bond donors (Lipinski definition) is 2. The lowest BCUT2D eigenvalue weighted by Crippen LogP contribution is -2.25. The predicted octanol–water partition coefficient (Wildman–Crippen LogP) is 3.92. The molecular formula is C19H20ClN2O2P. The van der Waals surface area contributed by atoms with E-state index in [2.05, 4.69) is 31.0 Å². The van der Waals surface area contributed by atoms with Crippen LogP contribution in [-0.2, 0) is 4.52 Å². The minimum atomic E-state index is -1.21. The maximum Gasteiger partial charge on any atom is 0.265 e. The zero-order valence-electron chi connectivity index (χ0n) is 14.4. The number of nitrogens with one attached hydrogen (secondary N) is 1. The number of primary amides is 1. The van der Waals surface area contributed by atoms with Crippen molar-refractivity contribution in [3.8, 4) is 0 Å². The maximum atomic E-state index is 12.1. The van der Waals surface area contributed by atoms with Gasteiger partial charge in [0, 0.05) is 33.1 Å². The molecule has 2 aromatic carbocycles. The van der Waals surface area contributed by atoms with Crippen LogP contribution in [0.4, 0.5) is 0 Å². The van der Waals surface area contributed by atoms with Gasteiger partial charge in [0.25, 0.3) is 5.91 Å². The molecular weight excluding hydrogens is 355 g/mol. The molecule has 0 aliphatic rings. The highest BCUT2D eigenvalue weighted by atomic mass is 35.5. The molecule has 3 rings (SSSR count). The van der Waals surface area contributed by atoms with Gasteiger partial charge in [-0.25, -0.2) is 0 Å². The van der Waals surface area contributed by atoms with Crippen LogP contribution in [0.5, 0.6) is 0 Å². The van der Waals surface area contributed by atoms with Gasteiger partial charge in [-0.2, -0.15) is 0 Å². The first kappa shape index (κ1) is 17.9. The molecule has 3 aromatic rings. The number of carbonyl (C=O) groups excluding carboxylic acids is 1. The molecule has 0 radical (unpaired) electrons. The van der Waals surface area contributed by atoms with E-state index in [1.807, 2.05) is 25.1 Å². The van der Waals surface area contributed by atoms with Gasteiger partial charge < -0.3 is 15.2 Å². The summed E-state index contributed by atoms with van der Waals surface area (Å²) in [5.74, 6) is -0.500. The molecule has 3 N–H and O–H groups in total. The number of aromatic nitrogens is 1. The summed E-state index contributed by atoms with van der Waals surface area (Å²) in [6.07, 6.45) is 0. The van der Waals surface area contributed by atoms with E-state index >= 15 is 0 Å².